The van der Waals surface area contributed by atoms with Crippen LogP contribution in [-0.2, 0) is 0 Å². The summed E-state index contributed by atoms with van der Waals surface area (Å²) < 4.78 is 0. The van der Waals surface area contributed by atoms with E-state index in [1.54, 1.807) is 12.2 Å². The molecule has 3 heteroatoms. The molecular formula is C9H14O3. The Morgan fingerprint density at radius 3 is 2.75 bits per heavy atom. The van der Waals surface area contributed by atoms with Gasteiger partial charge in [-0.25, -0.2) is 0 Å². The first-order chi connectivity index (χ1) is 5.66. The van der Waals surface area contributed by atoms with Gasteiger partial charge in [0.15, 0.2) is 0 Å². The molecule has 0 heterocycles. The monoisotopic (exact) mass is 170 g/mol. The Bertz CT molecular complexity index is 208. The van der Waals surface area contributed by atoms with Crippen molar-refractivity contribution in [3.63, 3.8) is 0 Å². The molecule has 1 aliphatic rings. The van der Waals surface area contributed by atoms with E-state index in [0.29, 0.717) is 12.0 Å². The van der Waals surface area contributed by atoms with Gasteiger partial charge in [-0.3, -0.25) is 0 Å². The van der Waals surface area contributed by atoms with Gasteiger partial charge >= 0.3 is 0 Å². The van der Waals surface area contributed by atoms with Gasteiger partial charge in [0.1, 0.15) is 12.2 Å². The Morgan fingerprint density at radius 1 is 1.50 bits per heavy atom. The fourth-order valence-electron chi connectivity index (χ4n) is 1.23. The van der Waals surface area contributed by atoms with Crippen LogP contribution in [0.25, 0.3) is 0 Å². The highest BCUT2D eigenvalue weighted by Crippen LogP contribution is 2.18. The molecule has 0 fully saturated rings. The molecule has 1 aliphatic carbocycles. The van der Waals surface area contributed by atoms with E-state index in [0.717, 1.165) is 0 Å². The lowest BCUT2D eigenvalue weighted by Gasteiger charge is -2.24. The Hall–Kier alpha value is -0.640. The third-order valence-electron chi connectivity index (χ3n) is 2.03. The van der Waals surface area contributed by atoms with Crippen LogP contribution in [0, 0.1) is 0 Å². The number of hydrogen-bond donors (Lipinski definition) is 3. The van der Waals surface area contributed by atoms with Gasteiger partial charge in [0.05, 0.1) is 6.10 Å². The average Bonchev–Trinajstić information content (AvgIpc) is 2.08. The maximum absolute atomic E-state index is 9.41. The van der Waals surface area contributed by atoms with E-state index in [2.05, 4.69) is 0 Å². The Balaban J connectivity index is 2.75. The zero-order valence-corrected chi connectivity index (χ0v) is 7.01. The van der Waals surface area contributed by atoms with Crippen molar-refractivity contribution in [2.75, 3.05) is 0 Å². The molecular weight excluding hydrogens is 156 g/mol. The van der Waals surface area contributed by atoms with Crippen molar-refractivity contribution >= 4 is 0 Å². The molecule has 3 nitrogen and oxygen atoms in total. The minimum Gasteiger partial charge on any atom is -0.389 e. The number of hydrogen-bond acceptors (Lipinski definition) is 3. The molecule has 0 saturated heterocycles. The summed E-state index contributed by atoms with van der Waals surface area (Å²) in [4.78, 5) is 0. The zero-order valence-electron chi connectivity index (χ0n) is 7.01. The molecule has 1 rings (SSSR count). The summed E-state index contributed by atoms with van der Waals surface area (Å²) in [6.07, 6.45) is 2.84. The molecule has 0 spiro atoms. The minimum atomic E-state index is -0.954. The number of aliphatic hydroxyl groups excluding tert-OH is 3. The maximum Gasteiger partial charge on any atom is 0.107 e. The standard InChI is InChI=1S/C9H14O3/c1-2-7(10)6-4-3-5-8(11)9(6)12/h3-5,7-12H,2H2,1H3/t7-,8-,9+/m1/s1. The summed E-state index contributed by atoms with van der Waals surface area (Å²) >= 11 is 0. The summed E-state index contributed by atoms with van der Waals surface area (Å²) in [6, 6.07) is 0. The summed E-state index contributed by atoms with van der Waals surface area (Å²) in [7, 11) is 0. The molecule has 0 amide bonds. The van der Waals surface area contributed by atoms with Crippen molar-refractivity contribution in [1.29, 1.82) is 0 Å². The molecule has 3 atom stereocenters. The summed E-state index contributed by atoms with van der Waals surface area (Å²) in [5, 5.41) is 28.0. The van der Waals surface area contributed by atoms with E-state index < -0.39 is 18.3 Å². The van der Waals surface area contributed by atoms with Crippen LogP contribution in [0.5, 0.6) is 0 Å². The molecule has 0 aromatic carbocycles. The van der Waals surface area contributed by atoms with Crippen molar-refractivity contribution in [3.05, 3.63) is 23.8 Å². The van der Waals surface area contributed by atoms with Gasteiger partial charge < -0.3 is 15.3 Å². The van der Waals surface area contributed by atoms with Crippen molar-refractivity contribution in [2.24, 2.45) is 0 Å². The van der Waals surface area contributed by atoms with Crippen LogP contribution < -0.4 is 0 Å². The van der Waals surface area contributed by atoms with E-state index in [4.69, 9.17) is 0 Å². The van der Waals surface area contributed by atoms with Crippen molar-refractivity contribution in [3.8, 4) is 0 Å². The maximum atomic E-state index is 9.41. The van der Waals surface area contributed by atoms with Crippen LogP contribution in [0.4, 0.5) is 0 Å². The largest absolute Gasteiger partial charge is 0.389 e. The van der Waals surface area contributed by atoms with Gasteiger partial charge in [0, 0.05) is 0 Å². The molecule has 0 radical (unpaired) electrons. The van der Waals surface area contributed by atoms with E-state index in [-0.39, 0.29) is 0 Å². The van der Waals surface area contributed by atoms with Gasteiger partial charge in [0.25, 0.3) is 0 Å². The van der Waals surface area contributed by atoms with Gasteiger partial charge in [0.2, 0.25) is 0 Å². The SMILES string of the molecule is CC[C@@H](O)C1=CC=C[C@@H](O)[C@H]1O. The number of rotatable bonds is 2. The predicted octanol–water partition coefficient (Wildman–Crippen LogP) is -0.0247. The second-order valence-electron chi connectivity index (χ2n) is 2.91. The van der Waals surface area contributed by atoms with Crippen molar-refractivity contribution in [2.45, 2.75) is 31.7 Å². The molecule has 0 aromatic heterocycles. The first kappa shape index (κ1) is 9.45. The average molecular weight is 170 g/mol. The smallest absolute Gasteiger partial charge is 0.107 e. The van der Waals surface area contributed by atoms with Crippen LogP contribution in [0.2, 0.25) is 0 Å². The third-order valence-corrected chi connectivity index (χ3v) is 2.03. The molecule has 0 aromatic rings. The van der Waals surface area contributed by atoms with Crippen LogP contribution in [-0.4, -0.2) is 33.6 Å². The molecule has 3 N–H and O–H groups in total. The molecule has 12 heavy (non-hydrogen) atoms. The lowest BCUT2D eigenvalue weighted by Crippen LogP contribution is -2.33. The number of allylic oxidation sites excluding steroid dienone is 2. The van der Waals surface area contributed by atoms with Crippen LogP contribution in [0.15, 0.2) is 23.8 Å². The molecule has 68 valence electrons. The van der Waals surface area contributed by atoms with Gasteiger partial charge in [-0.15, -0.1) is 0 Å². The topological polar surface area (TPSA) is 60.7 Å². The highest BCUT2D eigenvalue weighted by molar-refractivity contribution is 5.27. The van der Waals surface area contributed by atoms with Crippen LogP contribution >= 0.6 is 0 Å². The summed E-state index contributed by atoms with van der Waals surface area (Å²) in [5.74, 6) is 0. The van der Waals surface area contributed by atoms with E-state index in [1.807, 2.05) is 6.92 Å². The second kappa shape index (κ2) is 3.85. The Labute approximate surface area is 71.7 Å². The van der Waals surface area contributed by atoms with E-state index in [9.17, 15) is 15.3 Å². The molecule has 0 bridgehead atoms. The normalized spacial score (nSPS) is 31.5. The van der Waals surface area contributed by atoms with Crippen molar-refractivity contribution in [1.82, 2.24) is 0 Å². The Morgan fingerprint density at radius 2 is 2.17 bits per heavy atom. The fourth-order valence-corrected chi connectivity index (χ4v) is 1.23. The van der Waals surface area contributed by atoms with E-state index >= 15 is 0 Å². The fraction of sp³-hybridized carbons (Fsp3) is 0.556. The quantitative estimate of drug-likeness (QED) is 0.545. The second-order valence-corrected chi connectivity index (χ2v) is 2.91. The first-order valence-corrected chi connectivity index (χ1v) is 4.09. The van der Waals surface area contributed by atoms with Crippen molar-refractivity contribution < 1.29 is 15.3 Å². The highest BCUT2D eigenvalue weighted by Gasteiger charge is 2.24. The summed E-state index contributed by atoms with van der Waals surface area (Å²) in [5.41, 5.74) is 0.493. The van der Waals surface area contributed by atoms with Gasteiger partial charge in [-0.2, -0.15) is 0 Å². The van der Waals surface area contributed by atoms with Gasteiger partial charge in [-0.05, 0) is 12.0 Å². The van der Waals surface area contributed by atoms with Gasteiger partial charge in [-0.1, -0.05) is 25.2 Å². The lowest BCUT2D eigenvalue weighted by atomic mass is 9.94. The van der Waals surface area contributed by atoms with Crippen LogP contribution in [0.1, 0.15) is 13.3 Å². The van der Waals surface area contributed by atoms with E-state index in [1.165, 1.54) is 6.08 Å². The Kier molecular flexibility index (Phi) is 3.03. The predicted molar refractivity (Wildman–Crippen MR) is 45.5 cm³/mol. The highest BCUT2D eigenvalue weighted by atomic mass is 16.3. The third kappa shape index (κ3) is 1.75. The van der Waals surface area contributed by atoms with Crippen LogP contribution in [0.3, 0.4) is 0 Å². The minimum absolute atomic E-state index is 0.493. The molecule has 0 unspecified atom stereocenters. The first-order valence-electron chi connectivity index (χ1n) is 4.09. The molecule has 0 saturated carbocycles. The zero-order chi connectivity index (χ0) is 9.14. The lowest BCUT2D eigenvalue weighted by molar-refractivity contribution is 0.0507. The summed E-state index contributed by atoms with van der Waals surface area (Å²) in [6.45, 7) is 1.82. The number of aliphatic hydroxyl groups is 3. The molecule has 0 aliphatic heterocycles.